The fraction of sp³-hybridized carbons (Fsp3) is 0.500. The number of nitrogens with zero attached hydrogens (tertiary/aromatic N) is 1. The van der Waals surface area contributed by atoms with Crippen LogP contribution in [-0.2, 0) is 0 Å². The molecule has 2 rings (SSSR count). The molecule has 86 valence electrons. The number of hydrogen-bond donors (Lipinski definition) is 0. The molecular weight excluding hydrogens is 206 g/mol. The predicted octanol–water partition coefficient (Wildman–Crippen LogP) is 3.22. The number of benzene rings is 1. The summed E-state index contributed by atoms with van der Waals surface area (Å²) in [5.74, 6) is 0.654. The molecule has 1 saturated carbocycles. The maximum Gasteiger partial charge on any atom is 0.273 e. The zero-order chi connectivity index (χ0) is 11.5. The third-order valence-electron chi connectivity index (χ3n) is 2.98. The summed E-state index contributed by atoms with van der Waals surface area (Å²) in [5.41, 5.74) is 1.05. The fourth-order valence-corrected chi connectivity index (χ4v) is 2.02. The summed E-state index contributed by atoms with van der Waals surface area (Å²) >= 11 is 0. The lowest BCUT2D eigenvalue weighted by atomic mass is 10.2. The van der Waals surface area contributed by atoms with Gasteiger partial charge in [0.15, 0.2) is 0 Å². The number of ether oxygens (including phenoxy) is 1. The van der Waals surface area contributed by atoms with Crippen molar-refractivity contribution in [3.63, 3.8) is 0 Å². The van der Waals surface area contributed by atoms with Crippen LogP contribution in [0.2, 0.25) is 0 Å². The van der Waals surface area contributed by atoms with Crippen molar-refractivity contribution in [1.82, 2.24) is 0 Å². The smallest absolute Gasteiger partial charge is 0.273 e. The molecule has 1 aliphatic carbocycles. The summed E-state index contributed by atoms with van der Waals surface area (Å²) < 4.78 is 5.79. The molecule has 0 aromatic heterocycles. The molecule has 0 N–H and O–H groups in total. The van der Waals surface area contributed by atoms with Crippen LogP contribution in [0.4, 0.5) is 5.69 Å². The molecular formula is C12H15NO3. The first-order valence-electron chi connectivity index (χ1n) is 5.58. The van der Waals surface area contributed by atoms with E-state index in [-0.39, 0.29) is 16.7 Å². The van der Waals surface area contributed by atoms with Crippen molar-refractivity contribution in [3.05, 3.63) is 33.9 Å². The van der Waals surface area contributed by atoms with E-state index in [0.717, 1.165) is 18.4 Å². The van der Waals surface area contributed by atoms with E-state index in [4.69, 9.17) is 4.74 Å². The second-order valence-electron chi connectivity index (χ2n) is 4.23. The Balaban J connectivity index is 2.17. The number of nitro benzene ring substituents is 1. The van der Waals surface area contributed by atoms with E-state index in [1.807, 2.05) is 6.92 Å². The molecule has 0 spiro atoms. The molecule has 1 aromatic rings. The standard InChI is InChI=1S/C12H15NO3/c1-9-6-7-10(13(14)15)8-12(9)16-11-4-2-3-5-11/h6-8,11H,2-5H2,1H3. The van der Waals surface area contributed by atoms with Crippen LogP contribution in [0.15, 0.2) is 18.2 Å². The van der Waals surface area contributed by atoms with Gasteiger partial charge in [0.25, 0.3) is 5.69 Å². The average molecular weight is 221 g/mol. The normalized spacial score (nSPS) is 16.3. The number of nitro groups is 1. The quantitative estimate of drug-likeness (QED) is 0.581. The third kappa shape index (κ3) is 2.32. The third-order valence-corrected chi connectivity index (χ3v) is 2.98. The van der Waals surface area contributed by atoms with Gasteiger partial charge < -0.3 is 4.74 Å². The van der Waals surface area contributed by atoms with E-state index in [9.17, 15) is 10.1 Å². The molecule has 0 bridgehead atoms. The molecule has 0 atom stereocenters. The van der Waals surface area contributed by atoms with Gasteiger partial charge in [-0.05, 0) is 44.2 Å². The highest BCUT2D eigenvalue weighted by Crippen LogP contribution is 2.29. The molecule has 0 heterocycles. The largest absolute Gasteiger partial charge is 0.490 e. The topological polar surface area (TPSA) is 52.4 Å². The van der Waals surface area contributed by atoms with E-state index in [1.165, 1.54) is 25.0 Å². The van der Waals surface area contributed by atoms with Gasteiger partial charge in [-0.2, -0.15) is 0 Å². The van der Waals surface area contributed by atoms with Crippen molar-refractivity contribution >= 4 is 5.69 Å². The van der Waals surface area contributed by atoms with E-state index in [0.29, 0.717) is 5.75 Å². The molecule has 4 heteroatoms. The minimum Gasteiger partial charge on any atom is -0.490 e. The van der Waals surface area contributed by atoms with Gasteiger partial charge in [0.1, 0.15) is 5.75 Å². The van der Waals surface area contributed by atoms with Crippen LogP contribution in [0.25, 0.3) is 0 Å². The van der Waals surface area contributed by atoms with Gasteiger partial charge in [0.05, 0.1) is 17.1 Å². The van der Waals surface area contributed by atoms with E-state index in [1.54, 1.807) is 6.07 Å². The highest BCUT2D eigenvalue weighted by molar-refractivity contribution is 5.43. The first-order valence-corrected chi connectivity index (χ1v) is 5.58. The molecule has 0 saturated heterocycles. The Labute approximate surface area is 94.4 Å². The Kier molecular flexibility index (Phi) is 3.08. The van der Waals surface area contributed by atoms with Crippen molar-refractivity contribution in [3.8, 4) is 5.75 Å². The minimum atomic E-state index is -0.388. The van der Waals surface area contributed by atoms with E-state index < -0.39 is 0 Å². The molecule has 4 nitrogen and oxygen atoms in total. The van der Waals surface area contributed by atoms with Crippen LogP contribution < -0.4 is 4.74 Å². The molecule has 0 radical (unpaired) electrons. The number of non-ortho nitro benzene ring substituents is 1. The monoisotopic (exact) mass is 221 g/mol. The Morgan fingerprint density at radius 2 is 2.06 bits per heavy atom. The molecule has 16 heavy (non-hydrogen) atoms. The number of hydrogen-bond acceptors (Lipinski definition) is 3. The van der Waals surface area contributed by atoms with Crippen LogP contribution in [-0.4, -0.2) is 11.0 Å². The van der Waals surface area contributed by atoms with Gasteiger partial charge in [-0.1, -0.05) is 0 Å². The summed E-state index contributed by atoms with van der Waals surface area (Å²) in [6, 6.07) is 4.77. The maximum absolute atomic E-state index is 10.7. The van der Waals surface area contributed by atoms with Gasteiger partial charge in [-0.25, -0.2) is 0 Å². The van der Waals surface area contributed by atoms with Crippen molar-refractivity contribution in [2.75, 3.05) is 0 Å². The molecule has 0 unspecified atom stereocenters. The highest BCUT2D eigenvalue weighted by Gasteiger charge is 2.18. The minimum absolute atomic E-state index is 0.0959. The zero-order valence-electron chi connectivity index (χ0n) is 9.31. The maximum atomic E-state index is 10.7. The predicted molar refractivity (Wildman–Crippen MR) is 60.7 cm³/mol. The van der Waals surface area contributed by atoms with Crippen molar-refractivity contribution in [2.45, 2.75) is 38.7 Å². The number of rotatable bonds is 3. The van der Waals surface area contributed by atoms with Crippen molar-refractivity contribution in [2.24, 2.45) is 0 Å². The van der Waals surface area contributed by atoms with Gasteiger partial charge in [0, 0.05) is 6.07 Å². The summed E-state index contributed by atoms with van der Waals surface area (Å²) in [5, 5.41) is 10.7. The van der Waals surface area contributed by atoms with Crippen LogP contribution >= 0.6 is 0 Å². The van der Waals surface area contributed by atoms with Gasteiger partial charge >= 0.3 is 0 Å². The van der Waals surface area contributed by atoms with Crippen LogP contribution in [0.5, 0.6) is 5.75 Å². The van der Waals surface area contributed by atoms with Crippen LogP contribution in [0, 0.1) is 17.0 Å². The van der Waals surface area contributed by atoms with Gasteiger partial charge in [-0.15, -0.1) is 0 Å². The average Bonchev–Trinajstić information content (AvgIpc) is 2.73. The molecule has 0 amide bonds. The Morgan fingerprint density at radius 3 is 2.69 bits per heavy atom. The van der Waals surface area contributed by atoms with Crippen molar-refractivity contribution < 1.29 is 9.66 Å². The van der Waals surface area contributed by atoms with Crippen LogP contribution in [0.3, 0.4) is 0 Å². The fourth-order valence-electron chi connectivity index (χ4n) is 2.02. The lowest BCUT2D eigenvalue weighted by molar-refractivity contribution is -0.385. The molecule has 1 aromatic carbocycles. The zero-order valence-corrected chi connectivity index (χ0v) is 9.31. The first-order chi connectivity index (χ1) is 7.66. The molecule has 1 aliphatic rings. The summed E-state index contributed by atoms with van der Waals surface area (Å²) in [4.78, 5) is 10.3. The Morgan fingerprint density at radius 1 is 1.38 bits per heavy atom. The summed E-state index contributed by atoms with van der Waals surface area (Å²) in [7, 11) is 0. The highest BCUT2D eigenvalue weighted by atomic mass is 16.6. The Bertz CT molecular complexity index is 397. The van der Waals surface area contributed by atoms with Crippen LogP contribution in [0.1, 0.15) is 31.2 Å². The summed E-state index contributed by atoms with van der Waals surface area (Å²) in [6.07, 6.45) is 4.74. The molecule has 0 aliphatic heterocycles. The molecule has 1 fully saturated rings. The van der Waals surface area contributed by atoms with E-state index in [2.05, 4.69) is 0 Å². The number of aryl methyl sites for hydroxylation is 1. The SMILES string of the molecule is Cc1ccc([N+](=O)[O-])cc1OC1CCCC1. The lowest BCUT2D eigenvalue weighted by Crippen LogP contribution is -2.11. The van der Waals surface area contributed by atoms with E-state index >= 15 is 0 Å². The Hall–Kier alpha value is -1.58. The first kappa shape index (κ1) is 10.9. The van der Waals surface area contributed by atoms with Gasteiger partial charge in [-0.3, -0.25) is 10.1 Å². The second-order valence-corrected chi connectivity index (χ2v) is 4.23. The summed E-state index contributed by atoms with van der Waals surface area (Å²) in [6.45, 7) is 1.91. The lowest BCUT2D eigenvalue weighted by Gasteiger charge is -2.14. The second kappa shape index (κ2) is 4.51. The van der Waals surface area contributed by atoms with Crippen molar-refractivity contribution in [1.29, 1.82) is 0 Å². The van der Waals surface area contributed by atoms with Gasteiger partial charge in [0.2, 0.25) is 0 Å².